The zero-order valence-corrected chi connectivity index (χ0v) is 19.2. The fourth-order valence-electron chi connectivity index (χ4n) is 3.97. The topological polar surface area (TPSA) is 0 Å². The Morgan fingerprint density at radius 1 is 0.571 bits per heavy atom. The molecule has 0 radical (unpaired) electrons. The molecule has 0 aromatic heterocycles. The summed E-state index contributed by atoms with van der Waals surface area (Å²) in [5, 5.41) is 0. The smallest absolute Gasteiger partial charge is 1.00 e. The van der Waals surface area contributed by atoms with Crippen LogP contribution in [0.2, 0.25) is 0 Å². The molecule has 0 nitrogen and oxygen atoms in total. The second-order valence-corrected chi connectivity index (χ2v) is 12.5. The molecule has 2 aliphatic carbocycles. The van der Waals surface area contributed by atoms with E-state index in [4.69, 9.17) is 0 Å². The van der Waals surface area contributed by atoms with Crippen molar-refractivity contribution in [1.82, 2.24) is 0 Å². The monoisotopic (exact) mass is 410 g/mol. The van der Waals surface area contributed by atoms with E-state index in [-0.39, 0.29) is 1.43 Å². The van der Waals surface area contributed by atoms with Crippen LogP contribution in [-0.2, 0) is 0 Å². The maximum Gasteiger partial charge on any atom is -1.00 e. The number of rotatable bonds is 2. The molecule has 0 aromatic carbocycles. The van der Waals surface area contributed by atoms with Gasteiger partial charge in [-0.1, -0.05) is 0 Å². The summed E-state index contributed by atoms with van der Waals surface area (Å²) in [6.07, 6.45) is 0. The Morgan fingerprint density at radius 2 is 0.857 bits per heavy atom. The molecular weight excluding hydrogens is 379 g/mol. The van der Waals surface area contributed by atoms with E-state index < -0.39 is 31.9 Å². The number of hydrogen-bond acceptors (Lipinski definition) is 0. The third-order valence-corrected chi connectivity index (χ3v) is 15.6. The van der Waals surface area contributed by atoms with Gasteiger partial charge in [-0.2, -0.15) is 0 Å². The summed E-state index contributed by atoms with van der Waals surface area (Å²) in [5.74, 6) is 0. The van der Waals surface area contributed by atoms with E-state index >= 15 is 0 Å². The molecule has 114 valence electrons. The van der Waals surface area contributed by atoms with Crippen molar-refractivity contribution in [1.29, 1.82) is 0 Å². The Hall–Kier alpha value is 0.155. The molecule has 0 unspecified atom stereocenters. The van der Waals surface area contributed by atoms with Gasteiger partial charge in [0.2, 0.25) is 0 Å². The van der Waals surface area contributed by atoms with Crippen LogP contribution in [-0.4, -0.2) is 0 Å². The second-order valence-electron chi connectivity index (χ2n) is 7.97. The van der Waals surface area contributed by atoms with Gasteiger partial charge >= 0.3 is 149 Å². The van der Waals surface area contributed by atoms with E-state index in [1.807, 2.05) is 3.95 Å². The first kappa shape index (κ1) is 17.5. The molecule has 0 aliphatic heterocycles. The molecule has 0 saturated heterocycles. The van der Waals surface area contributed by atoms with Crippen molar-refractivity contribution < 1.29 is 33.3 Å². The molecule has 0 bridgehead atoms. The Balaban J connectivity index is 0.00000242. The number of hydrogen-bond donors (Lipinski definition) is 0. The predicted molar refractivity (Wildman–Crippen MR) is 90.8 cm³/mol. The second kappa shape index (κ2) is 5.36. The normalized spacial score (nSPS) is 24.5. The third kappa shape index (κ3) is 2.44. The molecular formula is C20H31La. The average Bonchev–Trinajstić information content (AvgIpc) is 2.63. The molecule has 0 heterocycles. The SMILES string of the molecule is CC1=C(C)C(C)(C)[C]([La+][C]2=C(C)C(C)=C(C)C2(C)C)=C1C.[H-]. The Bertz CT molecular complexity index is 581. The van der Waals surface area contributed by atoms with Gasteiger partial charge in [0.15, 0.2) is 0 Å². The van der Waals surface area contributed by atoms with Crippen molar-refractivity contribution in [2.24, 2.45) is 10.8 Å². The standard InChI is InChI=1S/2C10H15.La.H/c2*1-7-6-10(4,5)9(3)8(7)2;;/h2*1-5H3;;/q;;+1;-1. The van der Waals surface area contributed by atoms with Crippen LogP contribution in [0.5, 0.6) is 0 Å². The average molecular weight is 410 g/mol. The zero-order valence-electron chi connectivity index (χ0n) is 16.6. The molecule has 21 heavy (non-hydrogen) atoms. The molecule has 0 fully saturated rings. The Labute approximate surface area is 150 Å². The first-order valence-corrected chi connectivity index (χ1v) is 11.7. The maximum absolute atomic E-state index is 2.44. The maximum atomic E-state index is 2.44. The van der Waals surface area contributed by atoms with Gasteiger partial charge in [0.25, 0.3) is 0 Å². The van der Waals surface area contributed by atoms with Crippen molar-refractivity contribution in [3.63, 3.8) is 0 Å². The summed E-state index contributed by atoms with van der Waals surface area (Å²) in [7, 11) is 0. The number of allylic oxidation sites excluding steroid dienone is 8. The van der Waals surface area contributed by atoms with Crippen LogP contribution >= 0.6 is 0 Å². The van der Waals surface area contributed by atoms with Gasteiger partial charge in [-0.15, -0.1) is 0 Å². The quantitative estimate of drug-likeness (QED) is 0.489. The van der Waals surface area contributed by atoms with Crippen molar-refractivity contribution in [2.75, 3.05) is 0 Å². The van der Waals surface area contributed by atoms with Crippen LogP contribution in [0.4, 0.5) is 0 Å². The van der Waals surface area contributed by atoms with Crippen LogP contribution in [0.1, 0.15) is 70.7 Å². The van der Waals surface area contributed by atoms with Gasteiger partial charge in [0.05, 0.1) is 0 Å². The summed E-state index contributed by atoms with van der Waals surface area (Å²) < 4.78 is 3.67. The van der Waals surface area contributed by atoms with E-state index in [0.717, 1.165) is 0 Å². The molecule has 2 rings (SSSR count). The van der Waals surface area contributed by atoms with Crippen molar-refractivity contribution in [3.8, 4) is 0 Å². The Morgan fingerprint density at radius 3 is 1.05 bits per heavy atom. The fraction of sp³-hybridized carbons (Fsp3) is 0.600. The van der Waals surface area contributed by atoms with Gasteiger partial charge in [0, 0.05) is 0 Å². The summed E-state index contributed by atoms with van der Waals surface area (Å²) in [6, 6.07) is 0. The van der Waals surface area contributed by atoms with Crippen molar-refractivity contribution in [3.05, 3.63) is 37.4 Å². The van der Waals surface area contributed by atoms with E-state index in [2.05, 4.69) is 69.2 Å². The van der Waals surface area contributed by atoms with Crippen LogP contribution in [0.15, 0.2) is 37.4 Å². The molecule has 1 heteroatoms. The van der Waals surface area contributed by atoms with E-state index in [9.17, 15) is 0 Å². The summed E-state index contributed by atoms with van der Waals surface area (Å²) in [5.41, 5.74) is 10.2. The molecule has 0 aromatic rings. The van der Waals surface area contributed by atoms with Crippen molar-refractivity contribution in [2.45, 2.75) is 69.2 Å². The minimum Gasteiger partial charge on any atom is -1.00 e. The van der Waals surface area contributed by atoms with Gasteiger partial charge in [-0.05, 0) is 0 Å². The third-order valence-electron chi connectivity index (χ3n) is 6.57. The zero-order chi connectivity index (χ0) is 16.3. The molecule has 0 saturated carbocycles. The predicted octanol–water partition coefficient (Wildman–Crippen LogP) is 6.48. The molecule has 0 N–H and O–H groups in total. The molecule has 0 atom stereocenters. The molecule has 0 spiro atoms. The summed E-state index contributed by atoms with van der Waals surface area (Å²) in [4.78, 5) is 0. The first-order valence-electron chi connectivity index (χ1n) is 8.08. The van der Waals surface area contributed by atoms with Crippen LogP contribution in [0, 0.1) is 42.7 Å². The van der Waals surface area contributed by atoms with Gasteiger partial charge < -0.3 is 1.43 Å². The van der Waals surface area contributed by atoms with E-state index in [1.165, 1.54) is 0 Å². The first-order chi connectivity index (χ1) is 9.44. The van der Waals surface area contributed by atoms with E-state index in [0.29, 0.717) is 10.8 Å². The fourth-order valence-corrected chi connectivity index (χ4v) is 11.2. The largest absolute Gasteiger partial charge is 1.00 e. The van der Waals surface area contributed by atoms with Crippen molar-refractivity contribution >= 4 is 0 Å². The summed E-state index contributed by atoms with van der Waals surface area (Å²) >= 11 is -1.15. The van der Waals surface area contributed by atoms with Crippen LogP contribution in [0.3, 0.4) is 0 Å². The molecule has 2 aliphatic rings. The van der Waals surface area contributed by atoms with Crippen LogP contribution in [0.25, 0.3) is 0 Å². The van der Waals surface area contributed by atoms with Gasteiger partial charge in [-0.3, -0.25) is 0 Å². The van der Waals surface area contributed by atoms with E-state index in [1.54, 1.807) is 33.4 Å². The van der Waals surface area contributed by atoms with Gasteiger partial charge in [0.1, 0.15) is 0 Å². The minimum atomic E-state index is -1.15. The molecule has 0 amide bonds. The minimum absolute atomic E-state index is 0. The van der Waals surface area contributed by atoms with Gasteiger partial charge in [-0.25, -0.2) is 0 Å². The summed E-state index contributed by atoms with van der Waals surface area (Å²) in [6.45, 7) is 23.8. The Kier molecular flexibility index (Phi) is 4.47. The van der Waals surface area contributed by atoms with Crippen LogP contribution < -0.4 is 0 Å².